The number of aromatic nitrogens is 2. The van der Waals surface area contributed by atoms with Crippen LogP contribution in [0, 0.1) is 0 Å². The Morgan fingerprint density at radius 2 is 2.05 bits per heavy atom. The monoisotopic (exact) mass is 290 g/mol. The van der Waals surface area contributed by atoms with Crippen LogP contribution in [0.2, 0.25) is 0 Å². The molecule has 1 fully saturated rings. The van der Waals surface area contributed by atoms with Crippen LogP contribution in [0.25, 0.3) is 0 Å². The van der Waals surface area contributed by atoms with Crippen LogP contribution in [-0.2, 0) is 0 Å². The third kappa shape index (κ3) is 3.25. The van der Waals surface area contributed by atoms with Gasteiger partial charge in [-0.2, -0.15) is 4.98 Å². The lowest BCUT2D eigenvalue weighted by Crippen LogP contribution is -2.46. The van der Waals surface area contributed by atoms with Crippen molar-refractivity contribution >= 4 is 5.95 Å². The molecule has 21 heavy (non-hydrogen) atoms. The summed E-state index contributed by atoms with van der Waals surface area (Å²) in [6.45, 7) is 3.08. The first-order valence-electron chi connectivity index (χ1n) is 7.29. The highest BCUT2D eigenvalue weighted by molar-refractivity contribution is 5.36. The largest absolute Gasteiger partial charge is 0.493 e. The van der Waals surface area contributed by atoms with Crippen LogP contribution in [0.5, 0.6) is 5.88 Å². The maximum absolute atomic E-state index is 9.38. The predicted octanol–water partition coefficient (Wildman–Crippen LogP) is 0.692. The molecule has 0 atom stereocenters. The van der Waals surface area contributed by atoms with E-state index in [-0.39, 0.29) is 5.88 Å². The Morgan fingerprint density at radius 1 is 1.29 bits per heavy atom. The Hall–Kier alpha value is -1.86. The van der Waals surface area contributed by atoms with Crippen LogP contribution >= 0.6 is 0 Å². The number of anilines is 1. The first kappa shape index (κ1) is 14.1. The topological polar surface area (TPSA) is 67.8 Å². The van der Waals surface area contributed by atoms with Crippen molar-refractivity contribution < 1.29 is 5.11 Å². The van der Waals surface area contributed by atoms with Crippen molar-refractivity contribution in [1.29, 1.82) is 0 Å². The SMILES string of the molecule is CN1CCC(N2C=C(Nc3nccc(O)n3)CN2C)CC1. The Balaban J connectivity index is 1.66. The minimum absolute atomic E-state index is 0.0216. The van der Waals surface area contributed by atoms with Gasteiger partial charge in [0.2, 0.25) is 11.8 Å². The number of likely N-dealkylation sites (tertiary alicyclic amines) is 1. The number of aromatic hydroxyl groups is 1. The summed E-state index contributed by atoms with van der Waals surface area (Å²) in [6.07, 6.45) is 6.02. The zero-order valence-corrected chi connectivity index (χ0v) is 12.5. The predicted molar refractivity (Wildman–Crippen MR) is 80.4 cm³/mol. The van der Waals surface area contributed by atoms with E-state index in [1.165, 1.54) is 18.9 Å². The maximum atomic E-state index is 9.38. The molecule has 114 valence electrons. The maximum Gasteiger partial charge on any atom is 0.230 e. The summed E-state index contributed by atoms with van der Waals surface area (Å²) < 4.78 is 0. The summed E-state index contributed by atoms with van der Waals surface area (Å²) in [6, 6.07) is 2.01. The van der Waals surface area contributed by atoms with E-state index in [0.29, 0.717) is 12.0 Å². The number of rotatable bonds is 3. The van der Waals surface area contributed by atoms with E-state index >= 15 is 0 Å². The van der Waals surface area contributed by atoms with Gasteiger partial charge >= 0.3 is 0 Å². The Morgan fingerprint density at radius 3 is 2.76 bits per heavy atom. The van der Waals surface area contributed by atoms with Gasteiger partial charge in [-0.1, -0.05) is 0 Å². The van der Waals surface area contributed by atoms with Crippen molar-refractivity contribution in [2.75, 3.05) is 39.0 Å². The molecule has 0 spiro atoms. The lowest BCUT2D eigenvalue weighted by molar-refractivity contribution is 0.0106. The molecule has 3 heterocycles. The molecule has 0 bridgehead atoms. The standard InChI is InChI=1S/C14H22N6O/c1-18-7-4-12(5-8-18)20-10-11(9-19(20)2)16-14-15-6-3-13(21)17-14/h3,6,10,12H,4-5,7-9H2,1-2H3,(H2,15,16,17,21). The average Bonchev–Trinajstić information content (AvgIpc) is 2.80. The van der Waals surface area contributed by atoms with E-state index in [4.69, 9.17) is 0 Å². The highest BCUT2D eigenvalue weighted by Crippen LogP contribution is 2.23. The molecule has 7 nitrogen and oxygen atoms in total. The summed E-state index contributed by atoms with van der Waals surface area (Å²) in [5.41, 5.74) is 1.04. The van der Waals surface area contributed by atoms with Crippen LogP contribution in [0.3, 0.4) is 0 Å². The van der Waals surface area contributed by atoms with E-state index in [2.05, 4.69) is 50.5 Å². The molecule has 2 aliphatic rings. The van der Waals surface area contributed by atoms with Gasteiger partial charge in [-0.05, 0) is 33.0 Å². The van der Waals surface area contributed by atoms with Crippen LogP contribution in [-0.4, -0.2) is 69.8 Å². The molecule has 0 radical (unpaired) electrons. The van der Waals surface area contributed by atoms with Crippen molar-refractivity contribution in [1.82, 2.24) is 24.9 Å². The van der Waals surface area contributed by atoms with Crippen LogP contribution in [0.4, 0.5) is 5.95 Å². The third-order valence-corrected chi connectivity index (χ3v) is 4.06. The fourth-order valence-corrected chi connectivity index (χ4v) is 2.90. The van der Waals surface area contributed by atoms with Gasteiger partial charge in [0.05, 0.1) is 12.2 Å². The van der Waals surface area contributed by atoms with E-state index in [1.807, 2.05) is 0 Å². The molecule has 1 aromatic heterocycles. The second-order valence-electron chi connectivity index (χ2n) is 5.75. The molecule has 0 amide bonds. The fourth-order valence-electron chi connectivity index (χ4n) is 2.90. The summed E-state index contributed by atoms with van der Waals surface area (Å²) in [5, 5.41) is 17.1. The number of nitrogens with zero attached hydrogens (tertiary/aromatic N) is 5. The van der Waals surface area contributed by atoms with Crippen LogP contribution in [0.15, 0.2) is 24.2 Å². The molecule has 1 aromatic rings. The molecule has 2 aliphatic heterocycles. The highest BCUT2D eigenvalue weighted by Gasteiger charge is 2.28. The molecule has 3 rings (SSSR count). The summed E-state index contributed by atoms with van der Waals surface area (Å²) in [4.78, 5) is 10.4. The van der Waals surface area contributed by atoms with Crippen LogP contribution in [0.1, 0.15) is 12.8 Å². The molecule has 0 aromatic carbocycles. The average molecular weight is 290 g/mol. The van der Waals surface area contributed by atoms with Gasteiger partial charge < -0.3 is 20.3 Å². The van der Waals surface area contributed by atoms with E-state index < -0.39 is 0 Å². The van der Waals surface area contributed by atoms with Crippen molar-refractivity contribution in [3.05, 3.63) is 24.2 Å². The minimum atomic E-state index is -0.0216. The number of hydrazine groups is 1. The second-order valence-corrected chi connectivity index (χ2v) is 5.75. The number of likely N-dealkylation sites (N-methyl/N-ethyl adjacent to an activating group) is 1. The van der Waals surface area contributed by atoms with E-state index in [1.54, 1.807) is 6.20 Å². The van der Waals surface area contributed by atoms with Gasteiger partial charge in [-0.15, -0.1) is 0 Å². The highest BCUT2D eigenvalue weighted by atomic mass is 16.3. The molecule has 7 heteroatoms. The molecular weight excluding hydrogens is 268 g/mol. The van der Waals surface area contributed by atoms with Crippen LogP contribution < -0.4 is 5.32 Å². The Kier molecular flexibility index (Phi) is 3.94. The van der Waals surface area contributed by atoms with Crippen molar-refractivity contribution in [2.24, 2.45) is 0 Å². The Bertz CT molecular complexity index is 526. The molecule has 2 N–H and O–H groups in total. The molecule has 0 unspecified atom stereocenters. The zero-order valence-electron chi connectivity index (χ0n) is 12.5. The zero-order chi connectivity index (χ0) is 14.8. The van der Waals surface area contributed by atoms with Gasteiger partial charge in [-0.25, -0.2) is 9.99 Å². The van der Waals surface area contributed by atoms with Crippen molar-refractivity contribution in [3.8, 4) is 5.88 Å². The van der Waals surface area contributed by atoms with Crippen molar-refractivity contribution in [2.45, 2.75) is 18.9 Å². The minimum Gasteiger partial charge on any atom is -0.493 e. The Labute approximate surface area is 124 Å². The number of piperidine rings is 1. The first-order chi connectivity index (χ1) is 10.1. The normalized spacial score (nSPS) is 21.6. The first-order valence-corrected chi connectivity index (χ1v) is 7.29. The van der Waals surface area contributed by atoms with Crippen molar-refractivity contribution in [3.63, 3.8) is 0 Å². The number of nitrogens with one attached hydrogen (secondary N) is 1. The van der Waals surface area contributed by atoms with Gasteiger partial charge in [-0.3, -0.25) is 0 Å². The van der Waals surface area contributed by atoms with Gasteiger partial charge in [0.1, 0.15) is 0 Å². The van der Waals surface area contributed by atoms with Gasteiger partial charge in [0.25, 0.3) is 0 Å². The number of hydrogen-bond acceptors (Lipinski definition) is 7. The third-order valence-electron chi connectivity index (χ3n) is 4.06. The molecule has 1 saturated heterocycles. The lowest BCUT2D eigenvalue weighted by Gasteiger charge is -2.38. The lowest BCUT2D eigenvalue weighted by atomic mass is 10.1. The summed E-state index contributed by atoms with van der Waals surface area (Å²) in [7, 11) is 4.26. The second kappa shape index (κ2) is 5.87. The summed E-state index contributed by atoms with van der Waals surface area (Å²) >= 11 is 0. The van der Waals surface area contributed by atoms with Gasteiger partial charge in [0, 0.05) is 31.6 Å². The number of hydrogen-bond donors (Lipinski definition) is 2. The van der Waals surface area contributed by atoms with Gasteiger partial charge in [0.15, 0.2) is 0 Å². The van der Waals surface area contributed by atoms with E-state index in [9.17, 15) is 5.11 Å². The summed E-state index contributed by atoms with van der Waals surface area (Å²) in [5.74, 6) is 0.409. The quantitative estimate of drug-likeness (QED) is 0.849. The molecular formula is C14H22N6O. The molecule has 0 aliphatic carbocycles. The fraction of sp³-hybridized carbons (Fsp3) is 0.571. The molecule has 0 saturated carbocycles. The smallest absolute Gasteiger partial charge is 0.230 e. The van der Waals surface area contributed by atoms with E-state index in [0.717, 1.165) is 25.3 Å².